The summed E-state index contributed by atoms with van der Waals surface area (Å²) in [6.45, 7) is 11.1. The molecule has 0 spiro atoms. The molecule has 0 radical (unpaired) electrons. The summed E-state index contributed by atoms with van der Waals surface area (Å²) in [5, 5.41) is 2.78. The van der Waals surface area contributed by atoms with Crippen molar-refractivity contribution in [1.82, 2.24) is 5.32 Å². The molecule has 136 valence electrons. The number of ether oxygens (including phenoxy) is 3. The number of hydrogen-bond donors (Lipinski definition) is 2. The molecule has 0 saturated heterocycles. The van der Waals surface area contributed by atoms with Gasteiger partial charge in [0.2, 0.25) is 0 Å². The molecule has 0 aromatic heterocycles. The molecule has 0 heterocycles. The zero-order valence-electron chi connectivity index (χ0n) is 15.4. The summed E-state index contributed by atoms with van der Waals surface area (Å²) in [6.07, 6.45) is 0.354. The minimum absolute atomic E-state index is 0.00371. The molecule has 7 heteroatoms. The van der Waals surface area contributed by atoms with Gasteiger partial charge in [-0.2, -0.15) is 0 Å². The Bertz CT molecular complexity index is 394. The predicted octanol–water partition coefficient (Wildman–Crippen LogP) is 1.20. The van der Waals surface area contributed by atoms with Crippen molar-refractivity contribution in [2.24, 2.45) is 11.7 Å². The van der Waals surface area contributed by atoms with Crippen LogP contribution < -0.4 is 11.1 Å². The van der Waals surface area contributed by atoms with Crippen LogP contribution in [-0.2, 0) is 23.8 Å². The molecule has 0 aliphatic carbocycles. The van der Waals surface area contributed by atoms with E-state index in [9.17, 15) is 9.59 Å². The fourth-order valence-corrected chi connectivity index (χ4v) is 2.31. The standard InChI is InChI=1S/C16H32N2O5/c1-11(2)13(17)14(20)23-16(5,6)9-15(3,4)22-12(19)8-18-10-21-7/h11,13,18H,8-10,17H2,1-7H3. The number of methoxy groups -OCH3 is 1. The van der Waals surface area contributed by atoms with Crippen LogP contribution in [0.4, 0.5) is 0 Å². The number of carbonyl (C=O) groups is 2. The van der Waals surface area contributed by atoms with Crippen molar-refractivity contribution in [3.63, 3.8) is 0 Å². The van der Waals surface area contributed by atoms with Crippen molar-refractivity contribution in [3.05, 3.63) is 0 Å². The van der Waals surface area contributed by atoms with E-state index >= 15 is 0 Å². The highest BCUT2D eigenvalue weighted by molar-refractivity contribution is 5.76. The highest BCUT2D eigenvalue weighted by atomic mass is 16.6. The number of carbonyl (C=O) groups excluding carboxylic acids is 2. The van der Waals surface area contributed by atoms with Gasteiger partial charge in [0, 0.05) is 13.5 Å². The third kappa shape index (κ3) is 9.53. The van der Waals surface area contributed by atoms with E-state index in [1.54, 1.807) is 27.7 Å². The molecule has 0 bridgehead atoms. The molecule has 0 aliphatic rings. The van der Waals surface area contributed by atoms with Gasteiger partial charge in [-0.3, -0.25) is 14.9 Å². The first-order valence-corrected chi connectivity index (χ1v) is 7.80. The summed E-state index contributed by atoms with van der Waals surface area (Å²) in [4.78, 5) is 23.8. The highest BCUT2D eigenvalue weighted by Gasteiger charge is 2.36. The molecule has 1 unspecified atom stereocenters. The van der Waals surface area contributed by atoms with Crippen LogP contribution in [-0.4, -0.2) is 49.6 Å². The summed E-state index contributed by atoms with van der Waals surface area (Å²) in [7, 11) is 1.53. The number of nitrogens with one attached hydrogen (secondary N) is 1. The second-order valence-corrected chi connectivity index (χ2v) is 7.22. The monoisotopic (exact) mass is 332 g/mol. The van der Waals surface area contributed by atoms with Crippen molar-refractivity contribution >= 4 is 11.9 Å². The van der Waals surface area contributed by atoms with Gasteiger partial charge in [-0.25, -0.2) is 0 Å². The van der Waals surface area contributed by atoms with Gasteiger partial charge in [-0.1, -0.05) is 13.8 Å². The second-order valence-electron chi connectivity index (χ2n) is 7.22. The van der Waals surface area contributed by atoms with E-state index in [2.05, 4.69) is 5.32 Å². The molecule has 7 nitrogen and oxygen atoms in total. The van der Waals surface area contributed by atoms with Gasteiger partial charge in [0.1, 0.15) is 17.2 Å². The van der Waals surface area contributed by atoms with Crippen LogP contribution in [0.15, 0.2) is 0 Å². The molecular formula is C16H32N2O5. The van der Waals surface area contributed by atoms with Crippen molar-refractivity contribution in [3.8, 4) is 0 Å². The first-order valence-electron chi connectivity index (χ1n) is 7.80. The van der Waals surface area contributed by atoms with E-state index in [1.165, 1.54) is 7.11 Å². The quantitative estimate of drug-likeness (QED) is 0.352. The third-order valence-electron chi connectivity index (χ3n) is 3.12. The fraction of sp³-hybridized carbons (Fsp3) is 0.875. The highest BCUT2D eigenvalue weighted by Crippen LogP contribution is 2.27. The van der Waals surface area contributed by atoms with Gasteiger partial charge < -0.3 is 19.9 Å². The summed E-state index contributed by atoms with van der Waals surface area (Å²) in [6, 6.07) is -0.668. The minimum atomic E-state index is -0.798. The lowest BCUT2D eigenvalue weighted by Gasteiger charge is -2.35. The van der Waals surface area contributed by atoms with Crippen molar-refractivity contribution in [2.45, 2.75) is 65.2 Å². The lowest BCUT2D eigenvalue weighted by atomic mass is 9.91. The Balaban J connectivity index is 4.55. The van der Waals surface area contributed by atoms with E-state index in [1.807, 2.05) is 13.8 Å². The lowest BCUT2D eigenvalue weighted by Crippen LogP contribution is -2.45. The number of esters is 2. The second kappa shape index (κ2) is 9.20. The van der Waals surface area contributed by atoms with Crippen molar-refractivity contribution in [2.75, 3.05) is 20.4 Å². The maximum atomic E-state index is 12.0. The maximum absolute atomic E-state index is 12.0. The molecule has 0 aliphatic heterocycles. The van der Waals surface area contributed by atoms with Crippen molar-refractivity contribution < 1.29 is 23.8 Å². The molecule has 0 rings (SSSR count). The van der Waals surface area contributed by atoms with Gasteiger partial charge in [-0.15, -0.1) is 0 Å². The minimum Gasteiger partial charge on any atom is -0.459 e. The summed E-state index contributed by atoms with van der Waals surface area (Å²) >= 11 is 0. The summed E-state index contributed by atoms with van der Waals surface area (Å²) < 4.78 is 15.7. The van der Waals surface area contributed by atoms with E-state index in [4.69, 9.17) is 19.9 Å². The largest absolute Gasteiger partial charge is 0.459 e. The first kappa shape index (κ1) is 21.8. The Morgan fingerprint density at radius 1 is 1.09 bits per heavy atom. The topological polar surface area (TPSA) is 99.9 Å². The average molecular weight is 332 g/mol. The van der Waals surface area contributed by atoms with Gasteiger partial charge in [0.05, 0.1) is 13.3 Å². The van der Waals surface area contributed by atoms with Gasteiger partial charge in [-0.05, 0) is 33.6 Å². The zero-order chi connectivity index (χ0) is 18.3. The van der Waals surface area contributed by atoms with Crippen molar-refractivity contribution in [1.29, 1.82) is 0 Å². The predicted molar refractivity (Wildman–Crippen MR) is 87.7 cm³/mol. The first-order chi connectivity index (χ1) is 10.4. The molecule has 3 N–H and O–H groups in total. The molecule has 1 atom stereocenters. The molecule has 0 amide bonds. The number of nitrogens with two attached hydrogens (primary N) is 1. The Hall–Kier alpha value is -1.18. The summed E-state index contributed by atoms with van der Waals surface area (Å²) in [5.74, 6) is -0.849. The Labute approximate surface area is 139 Å². The normalized spacial score (nSPS) is 13.8. The molecule has 23 heavy (non-hydrogen) atoms. The van der Waals surface area contributed by atoms with Crippen LogP contribution >= 0.6 is 0 Å². The molecule has 0 fully saturated rings. The van der Waals surface area contributed by atoms with Crippen LogP contribution in [0.3, 0.4) is 0 Å². The van der Waals surface area contributed by atoms with E-state index in [0.29, 0.717) is 6.42 Å². The summed E-state index contributed by atoms with van der Waals surface area (Å²) in [5.41, 5.74) is 4.22. The van der Waals surface area contributed by atoms with Crippen LogP contribution in [0.1, 0.15) is 48.0 Å². The average Bonchev–Trinajstić information content (AvgIpc) is 2.34. The van der Waals surface area contributed by atoms with Crippen LogP contribution in [0.2, 0.25) is 0 Å². The Morgan fingerprint density at radius 3 is 2.09 bits per heavy atom. The maximum Gasteiger partial charge on any atom is 0.323 e. The fourth-order valence-electron chi connectivity index (χ4n) is 2.31. The van der Waals surface area contributed by atoms with Gasteiger partial charge in [0.15, 0.2) is 0 Å². The van der Waals surface area contributed by atoms with Crippen LogP contribution in [0, 0.1) is 5.92 Å². The van der Waals surface area contributed by atoms with Crippen LogP contribution in [0.25, 0.3) is 0 Å². The SMILES string of the molecule is COCNCC(=O)OC(C)(C)CC(C)(C)OC(=O)C(N)C(C)C. The van der Waals surface area contributed by atoms with E-state index in [-0.39, 0.29) is 19.2 Å². The lowest BCUT2D eigenvalue weighted by molar-refractivity contribution is -0.171. The third-order valence-corrected chi connectivity index (χ3v) is 3.12. The smallest absolute Gasteiger partial charge is 0.323 e. The van der Waals surface area contributed by atoms with E-state index < -0.39 is 29.2 Å². The van der Waals surface area contributed by atoms with Crippen LogP contribution in [0.5, 0.6) is 0 Å². The molecule has 0 aromatic carbocycles. The Morgan fingerprint density at radius 2 is 1.61 bits per heavy atom. The van der Waals surface area contributed by atoms with E-state index in [0.717, 1.165) is 0 Å². The van der Waals surface area contributed by atoms with Gasteiger partial charge in [0.25, 0.3) is 0 Å². The molecular weight excluding hydrogens is 300 g/mol. The number of hydrogen-bond acceptors (Lipinski definition) is 7. The Kier molecular flexibility index (Phi) is 8.73. The number of rotatable bonds is 10. The molecule has 0 aromatic rings. The molecule has 0 saturated carbocycles. The zero-order valence-corrected chi connectivity index (χ0v) is 15.4. The van der Waals surface area contributed by atoms with Gasteiger partial charge >= 0.3 is 11.9 Å².